The first-order valence-electron chi connectivity index (χ1n) is 6.74. The second-order valence-electron chi connectivity index (χ2n) is 5.04. The number of rotatable bonds is 2. The molecule has 19 heavy (non-hydrogen) atoms. The third kappa shape index (κ3) is 2.16. The number of hydrogen-bond donors (Lipinski definition) is 1. The van der Waals surface area contributed by atoms with E-state index in [1.54, 1.807) is 6.08 Å². The minimum absolute atomic E-state index is 0.435. The molecule has 1 unspecified atom stereocenters. The van der Waals surface area contributed by atoms with E-state index in [4.69, 9.17) is 0 Å². The Labute approximate surface area is 112 Å². The van der Waals surface area contributed by atoms with Crippen LogP contribution in [0, 0.1) is 5.92 Å². The number of carbonyl (C=O) groups is 1. The molecule has 3 rings (SSSR count). The number of carboxylic acid groups (broad SMARTS) is 1. The lowest BCUT2D eigenvalue weighted by atomic mass is 9.84. The summed E-state index contributed by atoms with van der Waals surface area (Å²) in [4.78, 5) is 13.5. The summed E-state index contributed by atoms with van der Waals surface area (Å²) in [5.41, 5.74) is 3.38. The molecule has 1 aliphatic heterocycles. The zero-order chi connectivity index (χ0) is 13.2. The van der Waals surface area contributed by atoms with Crippen LogP contribution in [0.5, 0.6) is 0 Å². The van der Waals surface area contributed by atoms with E-state index >= 15 is 0 Å². The molecule has 1 aromatic rings. The van der Waals surface area contributed by atoms with Gasteiger partial charge in [0.2, 0.25) is 0 Å². The first-order valence-corrected chi connectivity index (χ1v) is 6.74. The lowest BCUT2D eigenvalue weighted by Gasteiger charge is -2.35. The Hall–Kier alpha value is -2.03. The Morgan fingerprint density at radius 1 is 1.16 bits per heavy atom. The predicted octanol–water partition coefficient (Wildman–Crippen LogP) is 3.55. The molecule has 2 aliphatic rings. The van der Waals surface area contributed by atoms with Crippen molar-refractivity contribution in [3.63, 3.8) is 0 Å². The van der Waals surface area contributed by atoms with E-state index in [9.17, 15) is 9.90 Å². The highest BCUT2D eigenvalue weighted by molar-refractivity contribution is 5.78. The van der Waals surface area contributed by atoms with Crippen molar-refractivity contribution in [1.29, 1.82) is 0 Å². The second-order valence-corrected chi connectivity index (χ2v) is 5.04. The van der Waals surface area contributed by atoms with Gasteiger partial charge in [-0.25, -0.2) is 0 Å². The highest BCUT2D eigenvalue weighted by Crippen LogP contribution is 2.38. The summed E-state index contributed by atoms with van der Waals surface area (Å²) in [5.74, 6) is -1.17. The maximum absolute atomic E-state index is 11.3. The molecule has 1 heterocycles. The Morgan fingerprint density at radius 2 is 1.89 bits per heavy atom. The van der Waals surface area contributed by atoms with Crippen molar-refractivity contribution in [2.45, 2.75) is 25.7 Å². The molecule has 0 radical (unpaired) electrons. The number of nitrogens with zero attached hydrogens (tertiary/aromatic N) is 1. The molecule has 0 saturated carbocycles. The van der Waals surface area contributed by atoms with E-state index in [1.165, 1.54) is 5.70 Å². The fourth-order valence-electron chi connectivity index (χ4n) is 2.96. The average Bonchev–Trinajstić information content (AvgIpc) is 2.47. The van der Waals surface area contributed by atoms with E-state index in [-0.39, 0.29) is 0 Å². The van der Waals surface area contributed by atoms with Crippen molar-refractivity contribution in [2.75, 3.05) is 4.90 Å². The van der Waals surface area contributed by atoms with Gasteiger partial charge in [-0.3, -0.25) is 4.79 Å². The zero-order valence-corrected chi connectivity index (χ0v) is 10.7. The lowest BCUT2D eigenvalue weighted by molar-refractivity contribution is -0.139. The summed E-state index contributed by atoms with van der Waals surface area (Å²) in [6.07, 6.45) is 7.83. The van der Waals surface area contributed by atoms with Gasteiger partial charge in [0.25, 0.3) is 0 Å². The van der Waals surface area contributed by atoms with Gasteiger partial charge in [0.05, 0.1) is 5.92 Å². The molecular weight excluding hydrogens is 238 g/mol. The molecule has 3 heteroatoms. The molecule has 1 atom stereocenters. The van der Waals surface area contributed by atoms with Crippen LogP contribution in [0.3, 0.4) is 0 Å². The monoisotopic (exact) mass is 255 g/mol. The van der Waals surface area contributed by atoms with Crippen molar-refractivity contribution >= 4 is 11.7 Å². The van der Waals surface area contributed by atoms with Crippen LogP contribution in [0.1, 0.15) is 25.7 Å². The van der Waals surface area contributed by atoms with Crippen LogP contribution >= 0.6 is 0 Å². The van der Waals surface area contributed by atoms with Crippen LogP contribution < -0.4 is 4.90 Å². The molecule has 0 spiro atoms. The number of benzene rings is 1. The van der Waals surface area contributed by atoms with E-state index < -0.39 is 11.9 Å². The van der Waals surface area contributed by atoms with Crippen molar-refractivity contribution in [1.82, 2.24) is 0 Å². The van der Waals surface area contributed by atoms with E-state index in [2.05, 4.69) is 17.0 Å². The molecule has 0 amide bonds. The molecule has 0 fully saturated rings. The summed E-state index contributed by atoms with van der Waals surface area (Å²) >= 11 is 0. The summed E-state index contributed by atoms with van der Waals surface area (Å²) in [7, 11) is 0. The largest absolute Gasteiger partial charge is 0.481 e. The quantitative estimate of drug-likeness (QED) is 0.878. The van der Waals surface area contributed by atoms with E-state index in [0.717, 1.165) is 36.9 Å². The Bertz CT molecular complexity index is 545. The zero-order valence-electron chi connectivity index (χ0n) is 10.7. The van der Waals surface area contributed by atoms with Crippen LogP contribution in [0.4, 0.5) is 5.69 Å². The number of allylic oxidation sites excluding steroid dienone is 1. The number of anilines is 1. The fraction of sp³-hybridized carbons (Fsp3) is 0.312. The molecule has 0 bridgehead atoms. The summed E-state index contributed by atoms with van der Waals surface area (Å²) < 4.78 is 0. The van der Waals surface area contributed by atoms with Crippen LogP contribution in [-0.4, -0.2) is 11.1 Å². The molecule has 1 aliphatic carbocycles. The first-order chi connectivity index (χ1) is 9.27. The SMILES string of the molecule is O=C(O)C1C=CN(c2ccccc2)C2=C1CCCC2. The highest BCUT2D eigenvalue weighted by Gasteiger charge is 2.30. The summed E-state index contributed by atoms with van der Waals surface area (Å²) in [6, 6.07) is 10.1. The molecule has 0 aromatic heterocycles. The van der Waals surface area contributed by atoms with Crippen LogP contribution in [0.15, 0.2) is 53.9 Å². The van der Waals surface area contributed by atoms with Gasteiger partial charge in [-0.1, -0.05) is 18.2 Å². The van der Waals surface area contributed by atoms with Gasteiger partial charge in [-0.15, -0.1) is 0 Å². The minimum Gasteiger partial charge on any atom is -0.481 e. The van der Waals surface area contributed by atoms with Gasteiger partial charge in [0.15, 0.2) is 0 Å². The lowest BCUT2D eigenvalue weighted by Crippen LogP contribution is -2.29. The number of hydrogen-bond acceptors (Lipinski definition) is 2. The van der Waals surface area contributed by atoms with Crippen LogP contribution in [-0.2, 0) is 4.79 Å². The van der Waals surface area contributed by atoms with Gasteiger partial charge in [0.1, 0.15) is 0 Å². The average molecular weight is 255 g/mol. The van der Waals surface area contributed by atoms with Gasteiger partial charge in [-0.05, 0) is 49.5 Å². The summed E-state index contributed by atoms with van der Waals surface area (Å²) in [5, 5.41) is 9.33. The van der Waals surface area contributed by atoms with Crippen molar-refractivity contribution in [2.24, 2.45) is 5.92 Å². The molecule has 1 aromatic carbocycles. The fourth-order valence-corrected chi connectivity index (χ4v) is 2.96. The summed E-state index contributed by atoms with van der Waals surface area (Å²) in [6.45, 7) is 0. The molecular formula is C16H17NO2. The van der Waals surface area contributed by atoms with Gasteiger partial charge < -0.3 is 10.0 Å². The Kier molecular flexibility index (Phi) is 3.11. The third-order valence-electron chi connectivity index (χ3n) is 3.87. The van der Waals surface area contributed by atoms with Crippen molar-refractivity contribution in [3.05, 3.63) is 53.9 Å². The van der Waals surface area contributed by atoms with Crippen LogP contribution in [0.2, 0.25) is 0 Å². The maximum atomic E-state index is 11.3. The normalized spacial score (nSPS) is 22.3. The second kappa shape index (κ2) is 4.92. The van der Waals surface area contributed by atoms with Gasteiger partial charge in [-0.2, -0.15) is 0 Å². The minimum atomic E-state index is -0.738. The smallest absolute Gasteiger partial charge is 0.314 e. The predicted molar refractivity (Wildman–Crippen MR) is 74.7 cm³/mol. The van der Waals surface area contributed by atoms with Crippen LogP contribution in [0.25, 0.3) is 0 Å². The highest BCUT2D eigenvalue weighted by atomic mass is 16.4. The number of para-hydroxylation sites is 1. The number of carboxylic acids is 1. The van der Waals surface area contributed by atoms with E-state index in [1.807, 2.05) is 24.4 Å². The molecule has 1 N–H and O–H groups in total. The molecule has 3 nitrogen and oxygen atoms in total. The Morgan fingerprint density at radius 3 is 2.63 bits per heavy atom. The van der Waals surface area contributed by atoms with Crippen molar-refractivity contribution in [3.8, 4) is 0 Å². The third-order valence-corrected chi connectivity index (χ3v) is 3.87. The molecule has 0 saturated heterocycles. The van der Waals surface area contributed by atoms with Crippen molar-refractivity contribution < 1.29 is 9.90 Å². The van der Waals surface area contributed by atoms with E-state index in [0.29, 0.717) is 0 Å². The topological polar surface area (TPSA) is 40.5 Å². The Balaban J connectivity index is 2.02. The number of aliphatic carboxylic acids is 1. The first kappa shape index (κ1) is 12.0. The van der Waals surface area contributed by atoms with Gasteiger partial charge in [0, 0.05) is 17.6 Å². The molecule has 98 valence electrons. The standard InChI is InChI=1S/C16H17NO2/c18-16(19)14-10-11-17(12-6-2-1-3-7-12)15-9-5-4-8-13(14)15/h1-3,6-7,10-11,14H,4-5,8-9H2,(H,18,19). The van der Waals surface area contributed by atoms with Gasteiger partial charge >= 0.3 is 5.97 Å². The maximum Gasteiger partial charge on any atom is 0.314 e.